The van der Waals surface area contributed by atoms with Crippen molar-refractivity contribution < 1.29 is 19.4 Å². The van der Waals surface area contributed by atoms with E-state index >= 15 is 0 Å². The van der Waals surface area contributed by atoms with E-state index in [-0.39, 0.29) is 18.9 Å². The van der Waals surface area contributed by atoms with Crippen molar-refractivity contribution in [1.82, 2.24) is 5.32 Å². The number of unbranched alkanes of at least 4 members (excludes halogenated alkanes) is 2. The second-order valence-corrected chi connectivity index (χ2v) is 3.32. The van der Waals surface area contributed by atoms with Crippen LogP contribution < -0.4 is 5.32 Å². The molecule has 1 atom stereocenters. The van der Waals surface area contributed by atoms with Crippen molar-refractivity contribution in [1.29, 1.82) is 0 Å². The highest BCUT2D eigenvalue weighted by Crippen LogP contribution is 1.99. The zero-order valence-corrected chi connectivity index (χ0v) is 9.36. The first-order chi connectivity index (χ1) is 7.61. The predicted molar refractivity (Wildman–Crippen MR) is 58.7 cm³/mol. The molecule has 0 radical (unpaired) electrons. The largest absolute Gasteiger partial charge is 0.480 e. The summed E-state index contributed by atoms with van der Waals surface area (Å²) in [5.41, 5.74) is 0. The first-order valence-corrected chi connectivity index (χ1v) is 5.06. The number of methoxy groups -OCH3 is 1. The van der Waals surface area contributed by atoms with Gasteiger partial charge in [0.15, 0.2) is 6.04 Å². The molecule has 0 aliphatic rings. The molecule has 0 aliphatic carbocycles. The zero-order chi connectivity index (χ0) is 12.4. The summed E-state index contributed by atoms with van der Waals surface area (Å²) < 4.78 is 4.69. The van der Waals surface area contributed by atoms with Gasteiger partial charge in [-0.3, -0.25) is 4.79 Å². The van der Waals surface area contributed by atoms with Gasteiger partial charge in [-0.2, -0.15) is 0 Å². The summed E-state index contributed by atoms with van der Waals surface area (Å²) >= 11 is 0. The van der Waals surface area contributed by atoms with Crippen molar-refractivity contribution in [2.75, 3.05) is 13.7 Å². The van der Waals surface area contributed by atoms with Crippen molar-refractivity contribution in [2.24, 2.45) is 0 Å². The molecule has 0 aromatic carbocycles. The predicted octanol–water partition coefficient (Wildman–Crippen LogP) is 0.396. The number of carbonyl (C=O) groups is 2. The van der Waals surface area contributed by atoms with Crippen LogP contribution in [0.3, 0.4) is 0 Å². The normalized spacial score (nSPS) is 11.5. The van der Waals surface area contributed by atoms with E-state index in [0.717, 1.165) is 6.42 Å². The Morgan fingerprint density at radius 2 is 2.19 bits per heavy atom. The molecule has 5 heteroatoms. The van der Waals surface area contributed by atoms with E-state index < -0.39 is 12.0 Å². The Kier molecular flexibility index (Phi) is 7.90. The minimum Gasteiger partial charge on any atom is -0.480 e. The number of hydrogen-bond acceptors (Lipinski definition) is 3. The third-order valence-corrected chi connectivity index (χ3v) is 1.94. The number of aliphatic carboxylic acids is 1. The van der Waals surface area contributed by atoms with Crippen LogP contribution in [0.2, 0.25) is 0 Å². The van der Waals surface area contributed by atoms with E-state index in [9.17, 15) is 9.59 Å². The maximum absolute atomic E-state index is 11.3. The minimum atomic E-state index is -1.10. The number of ether oxygens (including phenoxy) is 1. The van der Waals surface area contributed by atoms with Gasteiger partial charge in [0.1, 0.15) is 0 Å². The number of hydrogen-bond donors (Lipinski definition) is 2. The van der Waals surface area contributed by atoms with Crippen LogP contribution in [0.1, 0.15) is 25.7 Å². The minimum absolute atomic E-state index is 0.0363. The lowest BCUT2D eigenvalue weighted by atomic mass is 10.2. The molecule has 0 rings (SSSR count). The molecule has 1 amide bonds. The summed E-state index contributed by atoms with van der Waals surface area (Å²) in [4.78, 5) is 22.0. The second kappa shape index (κ2) is 8.74. The van der Waals surface area contributed by atoms with Crippen LogP contribution in [0.15, 0.2) is 0 Å². The average molecular weight is 227 g/mol. The van der Waals surface area contributed by atoms with Crippen LogP contribution >= 0.6 is 0 Å². The fourth-order valence-electron chi connectivity index (χ4n) is 1.12. The Bertz CT molecular complexity index is 270. The maximum Gasteiger partial charge on any atom is 0.328 e. The molecule has 0 fully saturated rings. The van der Waals surface area contributed by atoms with E-state index in [4.69, 9.17) is 11.5 Å². The molecule has 0 saturated heterocycles. The molecular weight excluding hydrogens is 210 g/mol. The lowest BCUT2D eigenvalue weighted by Crippen LogP contribution is -2.43. The van der Waals surface area contributed by atoms with Gasteiger partial charge in [0.05, 0.1) is 6.61 Å². The number of terminal acetylenes is 1. The topological polar surface area (TPSA) is 75.6 Å². The number of rotatable bonds is 8. The van der Waals surface area contributed by atoms with Gasteiger partial charge in [0.2, 0.25) is 5.91 Å². The van der Waals surface area contributed by atoms with E-state index in [2.05, 4.69) is 16.0 Å². The van der Waals surface area contributed by atoms with E-state index in [1.165, 1.54) is 7.11 Å². The quantitative estimate of drug-likeness (QED) is 0.465. The molecule has 0 aliphatic heterocycles. The Labute approximate surface area is 95.2 Å². The van der Waals surface area contributed by atoms with Gasteiger partial charge in [-0.25, -0.2) is 4.79 Å². The van der Waals surface area contributed by atoms with Crippen molar-refractivity contribution in [3.8, 4) is 12.3 Å². The molecule has 0 aromatic rings. The smallest absolute Gasteiger partial charge is 0.328 e. The molecule has 0 spiro atoms. The Morgan fingerprint density at radius 3 is 2.69 bits per heavy atom. The number of amides is 1. The SMILES string of the molecule is C#CCCCCC(=O)NC(COC)C(=O)O. The van der Waals surface area contributed by atoms with Crippen LogP contribution in [0.4, 0.5) is 0 Å². The van der Waals surface area contributed by atoms with Crippen molar-refractivity contribution in [2.45, 2.75) is 31.7 Å². The van der Waals surface area contributed by atoms with Crippen LogP contribution in [-0.2, 0) is 14.3 Å². The number of nitrogens with one attached hydrogen (secondary N) is 1. The summed E-state index contributed by atoms with van der Waals surface area (Å²) in [5, 5.41) is 11.1. The van der Waals surface area contributed by atoms with Crippen molar-refractivity contribution in [3.05, 3.63) is 0 Å². The third-order valence-electron chi connectivity index (χ3n) is 1.94. The van der Waals surface area contributed by atoms with Gasteiger partial charge in [-0.1, -0.05) is 0 Å². The van der Waals surface area contributed by atoms with Gasteiger partial charge in [-0.05, 0) is 12.8 Å². The van der Waals surface area contributed by atoms with Crippen molar-refractivity contribution >= 4 is 11.9 Å². The highest BCUT2D eigenvalue weighted by atomic mass is 16.5. The first-order valence-electron chi connectivity index (χ1n) is 5.06. The summed E-state index contributed by atoms with van der Waals surface area (Å²) in [6.07, 6.45) is 7.41. The molecular formula is C11H17NO4. The van der Waals surface area contributed by atoms with Crippen molar-refractivity contribution in [3.63, 3.8) is 0 Å². The van der Waals surface area contributed by atoms with Gasteiger partial charge in [0, 0.05) is 20.0 Å². The zero-order valence-electron chi connectivity index (χ0n) is 9.36. The molecule has 0 saturated carbocycles. The number of carboxylic acids is 1. The molecule has 0 bridgehead atoms. The molecule has 1 unspecified atom stereocenters. The third kappa shape index (κ3) is 6.85. The van der Waals surface area contributed by atoms with E-state index in [0.29, 0.717) is 12.8 Å². The van der Waals surface area contributed by atoms with Gasteiger partial charge in [-0.15, -0.1) is 12.3 Å². The Morgan fingerprint density at radius 1 is 1.50 bits per heavy atom. The average Bonchev–Trinajstić information content (AvgIpc) is 2.23. The Hall–Kier alpha value is -1.54. The van der Waals surface area contributed by atoms with E-state index in [1.807, 2.05) is 0 Å². The first kappa shape index (κ1) is 14.5. The second-order valence-electron chi connectivity index (χ2n) is 3.32. The van der Waals surface area contributed by atoms with Crippen LogP contribution in [0.25, 0.3) is 0 Å². The fraction of sp³-hybridized carbons (Fsp3) is 0.636. The summed E-state index contributed by atoms with van der Waals surface area (Å²) in [7, 11) is 1.38. The number of carboxylic acid groups (broad SMARTS) is 1. The number of carbonyl (C=O) groups excluding carboxylic acids is 1. The molecule has 0 aromatic heterocycles. The lowest BCUT2D eigenvalue weighted by Gasteiger charge is -2.13. The molecule has 5 nitrogen and oxygen atoms in total. The van der Waals surface area contributed by atoms with Gasteiger partial charge >= 0.3 is 5.97 Å². The molecule has 2 N–H and O–H groups in total. The van der Waals surface area contributed by atoms with Crippen LogP contribution in [-0.4, -0.2) is 36.7 Å². The van der Waals surface area contributed by atoms with Crippen LogP contribution in [0.5, 0.6) is 0 Å². The summed E-state index contributed by atoms with van der Waals surface area (Å²) in [6.45, 7) is -0.0363. The summed E-state index contributed by atoms with van der Waals surface area (Å²) in [6, 6.07) is -0.981. The van der Waals surface area contributed by atoms with E-state index in [1.54, 1.807) is 0 Å². The summed E-state index contributed by atoms with van der Waals surface area (Å²) in [5.74, 6) is 1.09. The highest BCUT2D eigenvalue weighted by Gasteiger charge is 2.18. The standard InChI is InChI=1S/C11H17NO4/c1-3-4-5-6-7-10(13)12-9(8-16-2)11(14)15/h1,9H,4-8H2,2H3,(H,12,13)(H,14,15). The highest BCUT2D eigenvalue weighted by molar-refractivity contribution is 5.83. The fourth-order valence-corrected chi connectivity index (χ4v) is 1.12. The molecule has 16 heavy (non-hydrogen) atoms. The molecule has 90 valence electrons. The van der Waals surface area contributed by atoms with Gasteiger partial charge in [0.25, 0.3) is 0 Å². The molecule has 0 heterocycles. The van der Waals surface area contributed by atoms with Crippen LogP contribution in [0, 0.1) is 12.3 Å². The Balaban J connectivity index is 3.83. The maximum atomic E-state index is 11.3. The monoisotopic (exact) mass is 227 g/mol. The lowest BCUT2D eigenvalue weighted by molar-refractivity contribution is -0.143. The van der Waals surface area contributed by atoms with Gasteiger partial charge < -0.3 is 15.2 Å².